The van der Waals surface area contributed by atoms with Crippen molar-refractivity contribution in [3.8, 4) is 11.1 Å². The minimum Gasteiger partial charge on any atom is -0.468 e. The van der Waals surface area contributed by atoms with Crippen LogP contribution >= 0.6 is 0 Å². The molecule has 0 saturated heterocycles. The Bertz CT molecular complexity index is 735. The van der Waals surface area contributed by atoms with Crippen molar-refractivity contribution in [1.29, 1.82) is 0 Å². The van der Waals surface area contributed by atoms with Crippen molar-refractivity contribution in [2.75, 3.05) is 14.2 Å². The second-order valence-electron chi connectivity index (χ2n) is 5.38. The van der Waals surface area contributed by atoms with Crippen molar-refractivity contribution in [2.24, 2.45) is 5.92 Å². The van der Waals surface area contributed by atoms with Crippen LogP contribution in [0, 0.1) is 5.92 Å². The van der Waals surface area contributed by atoms with Gasteiger partial charge in [-0.25, -0.2) is 4.39 Å². The maximum Gasteiger partial charge on any atom is 0.320 e. The van der Waals surface area contributed by atoms with E-state index < -0.39 is 17.9 Å². The number of hydrogen-bond acceptors (Lipinski definition) is 4. The van der Waals surface area contributed by atoms with E-state index in [1.54, 1.807) is 12.1 Å². The van der Waals surface area contributed by atoms with E-state index in [9.17, 15) is 14.0 Å². The highest BCUT2D eigenvalue weighted by atomic mass is 19.1. The Morgan fingerprint density at radius 1 is 0.920 bits per heavy atom. The van der Waals surface area contributed by atoms with Crippen molar-refractivity contribution in [3.63, 3.8) is 0 Å². The Balaban J connectivity index is 2.23. The van der Waals surface area contributed by atoms with Crippen LogP contribution in [0.5, 0.6) is 0 Å². The number of carbonyl (C=O) groups is 2. The van der Waals surface area contributed by atoms with Gasteiger partial charge in [0.05, 0.1) is 20.5 Å². The van der Waals surface area contributed by atoms with Crippen molar-refractivity contribution in [1.82, 2.24) is 0 Å². The van der Waals surface area contributed by atoms with Gasteiger partial charge in [0.1, 0.15) is 0 Å². The van der Waals surface area contributed by atoms with Crippen molar-refractivity contribution >= 4 is 17.5 Å². The summed E-state index contributed by atoms with van der Waals surface area (Å²) in [6.07, 6.45) is 0.261. The standard InChI is InChI=1S/C20H19FO4/c1-24-19(22)18(20(23)25-2)12-17(13-21)16-10-8-15(9-11-16)14-6-4-3-5-7-14/h3-11,13,18H,12H2,1-2H3. The van der Waals surface area contributed by atoms with Gasteiger partial charge in [0.25, 0.3) is 0 Å². The second-order valence-corrected chi connectivity index (χ2v) is 5.38. The van der Waals surface area contributed by atoms with Crippen LogP contribution < -0.4 is 0 Å². The molecule has 0 heterocycles. The number of halogens is 1. The molecule has 0 bridgehead atoms. The van der Waals surface area contributed by atoms with Gasteiger partial charge in [-0.2, -0.15) is 0 Å². The normalized spacial score (nSPS) is 11.3. The Morgan fingerprint density at radius 2 is 1.44 bits per heavy atom. The Hall–Kier alpha value is -2.95. The first-order valence-corrected chi connectivity index (χ1v) is 7.71. The van der Waals surface area contributed by atoms with Gasteiger partial charge in [0, 0.05) is 0 Å². The lowest BCUT2D eigenvalue weighted by Gasteiger charge is -2.14. The first-order valence-electron chi connectivity index (χ1n) is 7.71. The third kappa shape index (κ3) is 4.53. The number of hydrogen-bond donors (Lipinski definition) is 0. The summed E-state index contributed by atoms with van der Waals surface area (Å²) >= 11 is 0. The molecule has 5 heteroatoms. The van der Waals surface area contributed by atoms with E-state index >= 15 is 0 Å². The van der Waals surface area contributed by atoms with E-state index in [2.05, 4.69) is 9.47 Å². The lowest BCUT2D eigenvalue weighted by molar-refractivity contribution is -0.158. The van der Waals surface area contributed by atoms with E-state index in [-0.39, 0.29) is 12.0 Å². The maximum absolute atomic E-state index is 13.4. The van der Waals surface area contributed by atoms with Crippen molar-refractivity contribution in [3.05, 3.63) is 66.5 Å². The molecule has 0 atom stereocenters. The summed E-state index contributed by atoms with van der Waals surface area (Å²) in [5.74, 6) is -2.72. The Kier molecular flexibility index (Phi) is 6.46. The van der Waals surface area contributed by atoms with Gasteiger partial charge in [0.2, 0.25) is 0 Å². The summed E-state index contributed by atoms with van der Waals surface area (Å²) in [5, 5.41) is 0. The maximum atomic E-state index is 13.4. The average Bonchev–Trinajstić information content (AvgIpc) is 2.68. The lowest BCUT2D eigenvalue weighted by atomic mass is 9.94. The largest absolute Gasteiger partial charge is 0.468 e. The minimum absolute atomic E-state index is 0.138. The van der Waals surface area contributed by atoms with Gasteiger partial charge >= 0.3 is 11.9 Å². The fraction of sp³-hybridized carbons (Fsp3) is 0.200. The first kappa shape index (κ1) is 18.4. The van der Waals surface area contributed by atoms with E-state index in [4.69, 9.17) is 0 Å². The van der Waals surface area contributed by atoms with E-state index in [0.29, 0.717) is 11.9 Å². The zero-order valence-corrected chi connectivity index (χ0v) is 14.1. The quantitative estimate of drug-likeness (QED) is 0.588. The lowest BCUT2D eigenvalue weighted by Crippen LogP contribution is -2.26. The molecule has 0 aliphatic rings. The Morgan fingerprint density at radius 3 is 1.92 bits per heavy atom. The van der Waals surface area contributed by atoms with Gasteiger partial charge < -0.3 is 9.47 Å². The van der Waals surface area contributed by atoms with Crippen molar-refractivity contribution in [2.45, 2.75) is 6.42 Å². The molecule has 2 aromatic rings. The van der Waals surface area contributed by atoms with Crippen LogP contribution in [0.3, 0.4) is 0 Å². The fourth-order valence-electron chi connectivity index (χ4n) is 2.50. The number of ether oxygens (including phenoxy) is 2. The van der Waals surface area contributed by atoms with Gasteiger partial charge in [-0.3, -0.25) is 9.59 Å². The minimum atomic E-state index is -1.20. The first-order chi connectivity index (χ1) is 12.1. The molecule has 130 valence electrons. The van der Waals surface area contributed by atoms with Crippen LogP contribution in [0.1, 0.15) is 12.0 Å². The molecule has 0 N–H and O–H groups in total. The number of benzene rings is 2. The van der Waals surface area contributed by atoms with E-state index in [0.717, 1.165) is 11.1 Å². The molecule has 0 radical (unpaired) electrons. The smallest absolute Gasteiger partial charge is 0.320 e. The summed E-state index contributed by atoms with van der Waals surface area (Å²) < 4.78 is 22.6. The zero-order chi connectivity index (χ0) is 18.2. The summed E-state index contributed by atoms with van der Waals surface area (Å²) in [5.41, 5.74) is 2.84. The average molecular weight is 342 g/mol. The molecule has 0 saturated carbocycles. The summed E-state index contributed by atoms with van der Waals surface area (Å²) in [6, 6.07) is 17.0. The summed E-state index contributed by atoms with van der Waals surface area (Å²) in [6.45, 7) is 0. The van der Waals surface area contributed by atoms with E-state index in [1.165, 1.54) is 14.2 Å². The monoisotopic (exact) mass is 342 g/mol. The molecule has 4 nitrogen and oxygen atoms in total. The summed E-state index contributed by atoms with van der Waals surface area (Å²) in [7, 11) is 2.34. The zero-order valence-electron chi connectivity index (χ0n) is 14.1. The third-order valence-corrected chi connectivity index (χ3v) is 3.89. The van der Waals surface area contributed by atoms with Crippen LogP contribution in [0.25, 0.3) is 16.7 Å². The molecule has 25 heavy (non-hydrogen) atoms. The highest BCUT2D eigenvalue weighted by Gasteiger charge is 2.30. The highest BCUT2D eigenvalue weighted by molar-refractivity contribution is 5.96. The van der Waals surface area contributed by atoms with Gasteiger partial charge in [-0.15, -0.1) is 0 Å². The Labute approximate surface area is 145 Å². The SMILES string of the molecule is COC(=O)C(CC(=CF)c1ccc(-c2ccccc2)cc1)C(=O)OC. The topological polar surface area (TPSA) is 52.6 Å². The number of allylic oxidation sites excluding steroid dienone is 1. The van der Waals surface area contributed by atoms with Gasteiger partial charge in [0.15, 0.2) is 5.92 Å². The van der Waals surface area contributed by atoms with Crippen LogP contribution in [-0.4, -0.2) is 26.2 Å². The molecule has 0 fully saturated rings. The molecule has 0 spiro atoms. The fourth-order valence-corrected chi connectivity index (χ4v) is 2.50. The molecule has 0 aromatic heterocycles. The second kappa shape index (κ2) is 8.78. The molecule has 2 rings (SSSR count). The van der Waals surface area contributed by atoms with Crippen LogP contribution in [0.4, 0.5) is 4.39 Å². The van der Waals surface area contributed by atoms with Gasteiger partial charge in [-0.1, -0.05) is 54.6 Å². The predicted molar refractivity (Wildman–Crippen MR) is 93.1 cm³/mol. The molecular formula is C20H19FO4. The predicted octanol–water partition coefficient (Wildman–Crippen LogP) is 4.02. The van der Waals surface area contributed by atoms with Crippen molar-refractivity contribution < 1.29 is 23.5 Å². The summed E-state index contributed by atoms with van der Waals surface area (Å²) in [4.78, 5) is 23.5. The number of esters is 2. The van der Waals surface area contributed by atoms with Crippen LogP contribution in [-0.2, 0) is 19.1 Å². The number of methoxy groups -OCH3 is 2. The highest BCUT2D eigenvalue weighted by Crippen LogP contribution is 2.27. The molecule has 0 unspecified atom stereocenters. The molecule has 0 aliphatic heterocycles. The van der Waals surface area contributed by atoms with E-state index in [1.807, 2.05) is 42.5 Å². The molecule has 2 aromatic carbocycles. The number of carbonyl (C=O) groups excluding carboxylic acids is 2. The molecule has 0 amide bonds. The van der Waals surface area contributed by atoms with Crippen LogP contribution in [0.15, 0.2) is 60.9 Å². The number of rotatable bonds is 6. The van der Waals surface area contributed by atoms with Gasteiger partial charge in [-0.05, 0) is 28.7 Å². The van der Waals surface area contributed by atoms with Crippen LogP contribution in [0.2, 0.25) is 0 Å². The molecular weight excluding hydrogens is 323 g/mol. The third-order valence-electron chi connectivity index (χ3n) is 3.89. The molecule has 0 aliphatic carbocycles.